The van der Waals surface area contributed by atoms with Crippen LogP contribution in [0.2, 0.25) is 5.02 Å². The standard InChI is InChI=1S/C17H19ClN4O3/c1-11-9-15(20-22(11)14-7-3-2-6-13(14)18)19-17(25)21-8-4-5-12(10-21)16(23)24/h2-3,6-7,9,12H,4-5,8,10H2,1H3,(H,23,24)(H,19,20,25). The number of carboxylic acids is 1. The molecule has 2 heterocycles. The zero-order valence-corrected chi connectivity index (χ0v) is 14.5. The van der Waals surface area contributed by atoms with Crippen molar-refractivity contribution in [2.24, 2.45) is 5.92 Å². The van der Waals surface area contributed by atoms with Gasteiger partial charge in [-0.15, -0.1) is 5.10 Å². The number of anilines is 1. The second kappa shape index (κ2) is 7.14. The molecule has 0 aliphatic carbocycles. The van der Waals surface area contributed by atoms with Crippen molar-refractivity contribution in [2.75, 3.05) is 18.4 Å². The van der Waals surface area contributed by atoms with Gasteiger partial charge in [0.1, 0.15) is 0 Å². The van der Waals surface area contributed by atoms with E-state index in [1.54, 1.807) is 16.8 Å². The van der Waals surface area contributed by atoms with Crippen molar-refractivity contribution < 1.29 is 14.7 Å². The highest BCUT2D eigenvalue weighted by atomic mass is 35.5. The van der Waals surface area contributed by atoms with Gasteiger partial charge in [0, 0.05) is 24.8 Å². The summed E-state index contributed by atoms with van der Waals surface area (Å²) in [6, 6.07) is 8.73. The van der Waals surface area contributed by atoms with Crippen molar-refractivity contribution in [3.8, 4) is 5.69 Å². The molecule has 2 amide bonds. The number of carbonyl (C=O) groups excluding carboxylic acids is 1. The van der Waals surface area contributed by atoms with Gasteiger partial charge in [0.2, 0.25) is 0 Å². The number of nitrogens with zero attached hydrogens (tertiary/aromatic N) is 3. The van der Waals surface area contributed by atoms with E-state index in [4.69, 9.17) is 16.7 Å². The van der Waals surface area contributed by atoms with Crippen LogP contribution in [-0.2, 0) is 4.79 Å². The maximum Gasteiger partial charge on any atom is 0.323 e. The molecular weight excluding hydrogens is 344 g/mol. The van der Waals surface area contributed by atoms with E-state index in [2.05, 4.69) is 10.4 Å². The first-order valence-corrected chi connectivity index (χ1v) is 8.44. The van der Waals surface area contributed by atoms with E-state index in [0.29, 0.717) is 30.2 Å². The van der Waals surface area contributed by atoms with Crippen LogP contribution < -0.4 is 5.32 Å². The van der Waals surface area contributed by atoms with Crippen LogP contribution >= 0.6 is 11.6 Å². The summed E-state index contributed by atoms with van der Waals surface area (Å²) in [5.74, 6) is -0.974. The van der Waals surface area contributed by atoms with Crippen molar-refractivity contribution >= 4 is 29.4 Å². The Morgan fingerprint density at radius 1 is 1.36 bits per heavy atom. The Morgan fingerprint density at radius 3 is 2.84 bits per heavy atom. The number of benzene rings is 1. The number of amides is 2. The fraction of sp³-hybridized carbons (Fsp3) is 0.353. The Labute approximate surface area is 150 Å². The molecule has 1 fully saturated rings. The van der Waals surface area contributed by atoms with Gasteiger partial charge in [0.15, 0.2) is 5.82 Å². The molecule has 2 aromatic rings. The van der Waals surface area contributed by atoms with Gasteiger partial charge in [-0.2, -0.15) is 0 Å². The normalized spacial score (nSPS) is 17.4. The first-order valence-electron chi connectivity index (χ1n) is 8.06. The van der Waals surface area contributed by atoms with Gasteiger partial charge < -0.3 is 10.0 Å². The molecule has 1 aliphatic rings. The van der Waals surface area contributed by atoms with E-state index >= 15 is 0 Å². The monoisotopic (exact) mass is 362 g/mol. The SMILES string of the molecule is Cc1cc(NC(=O)N2CCCC(C(=O)O)C2)nn1-c1ccccc1Cl. The van der Waals surface area contributed by atoms with Gasteiger partial charge >= 0.3 is 12.0 Å². The maximum atomic E-state index is 12.4. The summed E-state index contributed by atoms with van der Waals surface area (Å²) in [6.45, 7) is 2.62. The highest BCUT2D eigenvalue weighted by Crippen LogP contribution is 2.23. The first-order chi connectivity index (χ1) is 12.0. The van der Waals surface area contributed by atoms with Crippen LogP contribution in [0.15, 0.2) is 30.3 Å². The lowest BCUT2D eigenvalue weighted by atomic mass is 9.99. The second-order valence-electron chi connectivity index (χ2n) is 6.09. The molecule has 7 nitrogen and oxygen atoms in total. The summed E-state index contributed by atoms with van der Waals surface area (Å²) in [6.07, 6.45) is 1.27. The third kappa shape index (κ3) is 3.76. The number of piperidine rings is 1. The Hall–Kier alpha value is -2.54. The van der Waals surface area contributed by atoms with Crippen LogP contribution in [0.25, 0.3) is 5.69 Å². The van der Waals surface area contributed by atoms with Gasteiger partial charge in [0.25, 0.3) is 0 Å². The summed E-state index contributed by atoms with van der Waals surface area (Å²) >= 11 is 6.20. The summed E-state index contributed by atoms with van der Waals surface area (Å²) in [5, 5.41) is 16.8. The summed E-state index contributed by atoms with van der Waals surface area (Å²) < 4.78 is 1.66. The van der Waals surface area contributed by atoms with Crippen molar-refractivity contribution in [3.63, 3.8) is 0 Å². The van der Waals surface area contributed by atoms with E-state index in [-0.39, 0.29) is 12.6 Å². The first kappa shape index (κ1) is 17.3. The summed E-state index contributed by atoms with van der Waals surface area (Å²) in [7, 11) is 0. The third-order valence-electron chi connectivity index (χ3n) is 4.26. The minimum atomic E-state index is -0.864. The molecule has 25 heavy (non-hydrogen) atoms. The number of hydrogen-bond acceptors (Lipinski definition) is 3. The van der Waals surface area contributed by atoms with Crippen LogP contribution in [0, 0.1) is 12.8 Å². The molecule has 1 aliphatic heterocycles. The molecule has 1 atom stereocenters. The number of aliphatic carboxylic acids is 1. The van der Waals surface area contributed by atoms with Crippen LogP contribution in [0.3, 0.4) is 0 Å². The van der Waals surface area contributed by atoms with E-state index in [0.717, 1.165) is 11.4 Å². The minimum Gasteiger partial charge on any atom is -0.481 e. The molecule has 0 saturated carbocycles. The fourth-order valence-corrected chi connectivity index (χ4v) is 3.17. The lowest BCUT2D eigenvalue weighted by Crippen LogP contribution is -2.44. The number of rotatable bonds is 3. The number of urea groups is 1. The molecule has 1 saturated heterocycles. The molecule has 0 bridgehead atoms. The molecule has 0 spiro atoms. The molecule has 3 rings (SSSR count). The van der Waals surface area contributed by atoms with Crippen LogP contribution in [-0.4, -0.2) is 44.9 Å². The third-order valence-corrected chi connectivity index (χ3v) is 4.58. The van der Waals surface area contributed by atoms with Crippen molar-refractivity contribution in [2.45, 2.75) is 19.8 Å². The molecule has 2 N–H and O–H groups in total. The molecule has 1 aromatic heterocycles. The highest BCUT2D eigenvalue weighted by Gasteiger charge is 2.28. The van der Waals surface area contributed by atoms with Crippen LogP contribution in [0.1, 0.15) is 18.5 Å². The molecule has 1 aromatic carbocycles. The van der Waals surface area contributed by atoms with Crippen molar-refractivity contribution in [1.29, 1.82) is 0 Å². The zero-order valence-electron chi connectivity index (χ0n) is 13.8. The van der Waals surface area contributed by atoms with Crippen molar-refractivity contribution in [3.05, 3.63) is 41.0 Å². The predicted octanol–water partition coefficient (Wildman–Crippen LogP) is 3.16. The van der Waals surface area contributed by atoms with E-state index in [1.165, 1.54) is 4.90 Å². The molecular formula is C17H19ClN4O3. The van der Waals surface area contributed by atoms with E-state index in [9.17, 15) is 9.59 Å². The number of carboxylic acid groups (broad SMARTS) is 1. The van der Waals surface area contributed by atoms with Crippen LogP contribution in [0.5, 0.6) is 0 Å². The van der Waals surface area contributed by atoms with Crippen LogP contribution in [0.4, 0.5) is 10.6 Å². The quantitative estimate of drug-likeness (QED) is 0.877. The Balaban J connectivity index is 1.73. The van der Waals surface area contributed by atoms with E-state index < -0.39 is 11.9 Å². The minimum absolute atomic E-state index is 0.214. The van der Waals surface area contributed by atoms with Gasteiger partial charge in [-0.1, -0.05) is 23.7 Å². The van der Waals surface area contributed by atoms with Crippen molar-refractivity contribution in [1.82, 2.24) is 14.7 Å². The fourth-order valence-electron chi connectivity index (χ4n) is 2.95. The molecule has 1 unspecified atom stereocenters. The number of para-hydroxylation sites is 1. The Bertz CT molecular complexity index is 805. The highest BCUT2D eigenvalue weighted by molar-refractivity contribution is 6.32. The predicted molar refractivity (Wildman–Crippen MR) is 94.3 cm³/mol. The van der Waals surface area contributed by atoms with Gasteiger partial charge in [-0.25, -0.2) is 9.48 Å². The smallest absolute Gasteiger partial charge is 0.323 e. The average Bonchev–Trinajstić information content (AvgIpc) is 2.95. The maximum absolute atomic E-state index is 12.4. The van der Waals surface area contributed by atoms with E-state index in [1.807, 2.05) is 25.1 Å². The van der Waals surface area contributed by atoms with Gasteiger partial charge in [-0.05, 0) is 31.9 Å². The average molecular weight is 363 g/mol. The number of likely N-dealkylation sites (tertiary alicyclic amines) is 1. The number of nitrogens with one attached hydrogen (secondary N) is 1. The second-order valence-corrected chi connectivity index (χ2v) is 6.49. The number of hydrogen-bond donors (Lipinski definition) is 2. The summed E-state index contributed by atoms with van der Waals surface area (Å²) in [4.78, 5) is 25.1. The summed E-state index contributed by atoms with van der Waals surface area (Å²) in [5.41, 5.74) is 1.55. The molecule has 8 heteroatoms. The zero-order chi connectivity index (χ0) is 18.0. The Morgan fingerprint density at radius 2 is 2.12 bits per heavy atom. The topological polar surface area (TPSA) is 87.5 Å². The lowest BCUT2D eigenvalue weighted by Gasteiger charge is -2.30. The van der Waals surface area contributed by atoms with Gasteiger partial charge in [-0.3, -0.25) is 10.1 Å². The number of aryl methyl sites for hydroxylation is 1. The number of aromatic nitrogens is 2. The number of halogens is 1. The molecule has 0 radical (unpaired) electrons. The number of carbonyl (C=O) groups is 2. The van der Waals surface area contributed by atoms with Gasteiger partial charge in [0.05, 0.1) is 16.6 Å². The lowest BCUT2D eigenvalue weighted by molar-refractivity contribution is -0.143. The largest absolute Gasteiger partial charge is 0.481 e. The Kier molecular flexibility index (Phi) is 4.94. The molecule has 132 valence electrons.